The van der Waals surface area contributed by atoms with Crippen LogP contribution in [0.1, 0.15) is 32.3 Å². The molecule has 0 unspecified atom stereocenters. The number of nitrogens with zero attached hydrogens (tertiary/aromatic N) is 1. The summed E-state index contributed by atoms with van der Waals surface area (Å²) in [5.41, 5.74) is 5.97. The van der Waals surface area contributed by atoms with Crippen LogP contribution in [0, 0.1) is 0 Å². The molecule has 1 aliphatic heterocycles. The van der Waals surface area contributed by atoms with Crippen LogP contribution in [-0.4, -0.2) is 29.5 Å². The Hall–Kier alpha value is -1.54. The molecule has 3 rings (SSSR count). The van der Waals surface area contributed by atoms with Crippen LogP contribution in [0.2, 0.25) is 0 Å². The number of H-pyrrole nitrogens is 1. The van der Waals surface area contributed by atoms with E-state index in [1.54, 1.807) is 11.1 Å². The fourth-order valence-electron chi connectivity index (χ4n) is 3.21. The van der Waals surface area contributed by atoms with Crippen LogP contribution in [0.5, 0.6) is 0 Å². The van der Waals surface area contributed by atoms with Crippen LogP contribution >= 0.6 is 0 Å². The van der Waals surface area contributed by atoms with Gasteiger partial charge < -0.3 is 4.98 Å². The fourth-order valence-corrected chi connectivity index (χ4v) is 3.21. The Morgan fingerprint density at radius 3 is 2.95 bits per heavy atom. The number of hydrogen-bond donors (Lipinski definition) is 1. The largest absolute Gasteiger partial charge is 0.361 e. The number of rotatable bonds is 4. The van der Waals surface area contributed by atoms with Gasteiger partial charge in [-0.15, -0.1) is 0 Å². The summed E-state index contributed by atoms with van der Waals surface area (Å²) in [6, 6.07) is 8.59. The molecule has 0 atom stereocenters. The van der Waals surface area contributed by atoms with Crippen molar-refractivity contribution >= 4 is 10.9 Å². The zero-order valence-corrected chi connectivity index (χ0v) is 12.6. The van der Waals surface area contributed by atoms with E-state index in [9.17, 15) is 0 Å². The molecule has 106 valence electrons. The van der Waals surface area contributed by atoms with Gasteiger partial charge in [0, 0.05) is 36.7 Å². The van der Waals surface area contributed by atoms with E-state index in [0.29, 0.717) is 0 Å². The van der Waals surface area contributed by atoms with Crippen LogP contribution in [0.3, 0.4) is 0 Å². The summed E-state index contributed by atoms with van der Waals surface area (Å²) in [6.45, 7) is 8.14. The molecule has 0 aliphatic carbocycles. The minimum absolute atomic E-state index is 1.14. The Balaban J connectivity index is 1.66. The SMILES string of the molecule is CCC1=C(C)CCN(CCc2c[nH]c3ccccc23)C1. The fraction of sp³-hybridized carbons (Fsp3) is 0.444. The van der Waals surface area contributed by atoms with Gasteiger partial charge in [-0.25, -0.2) is 0 Å². The minimum atomic E-state index is 1.14. The Kier molecular flexibility index (Phi) is 3.93. The Morgan fingerprint density at radius 2 is 2.10 bits per heavy atom. The second kappa shape index (κ2) is 5.84. The highest BCUT2D eigenvalue weighted by Crippen LogP contribution is 2.22. The third-order valence-electron chi connectivity index (χ3n) is 4.62. The molecule has 2 heteroatoms. The predicted molar refractivity (Wildman–Crippen MR) is 86.1 cm³/mol. The molecule has 2 nitrogen and oxygen atoms in total. The van der Waals surface area contributed by atoms with Crippen LogP contribution in [0.15, 0.2) is 41.6 Å². The number of aromatic nitrogens is 1. The van der Waals surface area contributed by atoms with Gasteiger partial charge in [0.2, 0.25) is 0 Å². The highest BCUT2D eigenvalue weighted by Gasteiger charge is 2.15. The second-order valence-corrected chi connectivity index (χ2v) is 5.87. The zero-order chi connectivity index (χ0) is 13.9. The molecule has 1 aliphatic rings. The molecular weight excluding hydrogens is 244 g/mol. The lowest BCUT2D eigenvalue weighted by Gasteiger charge is -2.29. The molecule has 2 aromatic rings. The van der Waals surface area contributed by atoms with Crippen molar-refractivity contribution in [1.82, 2.24) is 9.88 Å². The monoisotopic (exact) mass is 268 g/mol. The lowest BCUT2D eigenvalue weighted by atomic mass is 9.99. The first kappa shape index (κ1) is 13.4. The van der Waals surface area contributed by atoms with Crippen LogP contribution in [0.4, 0.5) is 0 Å². The molecule has 0 saturated heterocycles. The van der Waals surface area contributed by atoms with Crippen LogP contribution < -0.4 is 0 Å². The van der Waals surface area contributed by atoms with E-state index in [1.807, 2.05) is 0 Å². The lowest BCUT2D eigenvalue weighted by Crippen LogP contribution is -2.33. The maximum absolute atomic E-state index is 3.38. The van der Waals surface area contributed by atoms with Gasteiger partial charge >= 0.3 is 0 Å². The molecule has 1 aromatic carbocycles. The summed E-state index contributed by atoms with van der Waals surface area (Å²) in [6.07, 6.45) is 5.77. The maximum atomic E-state index is 3.38. The van der Waals surface area contributed by atoms with Crippen molar-refractivity contribution in [3.63, 3.8) is 0 Å². The standard InChI is InChI=1S/C18H24N2/c1-3-15-13-20(10-8-14(15)2)11-9-16-12-19-18-7-5-4-6-17(16)18/h4-7,12,19H,3,8-11,13H2,1-2H3. The van der Waals surface area contributed by atoms with Gasteiger partial charge in [0.15, 0.2) is 0 Å². The molecule has 1 aromatic heterocycles. The van der Waals surface area contributed by atoms with Gasteiger partial charge in [0.1, 0.15) is 0 Å². The first-order valence-electron chi connectivity index (χ1n) is 7.72. The third kappa shape index (κ3) is 2.66. The van der Waals surface area contributed by atoms with Gasteiger partial charge in [-0.3, -0.25) is 4.90 Å². The van der Waals surface area contributed by atoms with E-state index in [0.717, 1.165) is 6.42 Å². The predicted octanol–water partition coefficient (Wildman–Crippen LogP) is 4.14. The number of nitrogens with one attached hydrogen (secondary N) is 1. The second-order valence-electron chi connectivity index (χ2n) is 5.87. The van der Waals surface area contributed by atoms with Crippen molar-refractivity contribution < 1.29 is 0 Å². The molecule has 2 heterocycles. The van der Waals surface area contributed by atoms with Gasteiger partial charge in [-0.05, 0) is 37.8 Å². The summed E-state index contributed by atoms with van der Waals surface area (Å²) in [4.78, 5) is 5.98. The van der Waals surface area contributed by atoms with Gasteiger partial charge in [-0.1, -0.05) is 36.3 Å². The van der Waals surface area contributed by atoms with Crippen molar-refractivity contribution in [3.05, 3.63) is 47.2 Å². The molecule has 0 saturated carbocycles. The molecular formula is C18H24N2. The Morgan fingerprint density at radius 1 is 1.25 bits per heavy atom. The van der Waals surface area contributed by atoms with E-state index in [2.05, 4.69) is 54.2 Å². The van der Waals surface area contributed by atoms with Crippen molar-refractivity contribution in [2.45, 2.75) is 33.1 Å². The maximum Gasteiger partial charge on any atom is 0.0456 e. The topological polar surface area (TPSA) is 19.0 Å². The molecule has 20 heavy (non-hydrogen) atoms. The third-order valence-corrected chi connectivity index (χ3v) is 4.62. The van der Waals surface area contributed by atoms with Crippen molar-refractivity contribution in [2.75, 3.05) is 19.6 Å². The summed E-state index contributed by atoms with van der Waals surface area (Å²) in [7, 11) is 0. The summed E-state index contributed by atoms with van der Waals surface area (Å²) >= 11 is 0. The average molecular weight is 268 g/mol. The number of fused-ring (bicyclic) bond motifs is 1. The smallest absolute Gasteiger partial charge is 0.0456 e. The number of aromatic amines is 1. The summed E-state index contributed by atoms with van der Waals surface area (Å²) in [5.74, 6) is 0. The van der Waals surface area contributed by atoms with Crippen LogP contribution in [-0.2, 0) is 6.42 Å². The minimum Gasteiger partial charge on any atom is -0.361 e. The molecule has 0 fully saturated rings. The number of benzene rings is 1. The van der Waals surface area contributed by atoms with Gasteiger partial charge in [-0.2, -0.15) is 0 Å². The van der Waals surface area contributed by atoms with E-state index in [-0.39, 0.29) is 0 Å². The Bertz CT molecular complexity index is 621. The molecule has 0 radical (unpaired) electrons. The van der Waals surface area contributed by atoms with Crippen molar-refractivity contribution in [1.29, 1.82) is 0 Å². The van der Waals surface area contributed by atoms with Gasteiger partial charge in [0.05, 0.1) is 0 Å². The van der Waals surface area contributed by atoms with E-state index >= 15 is 0 Å². The Labute approximate surface area is 121 Å². The highest BCUT2D eigenvalue weighted by atomic mass is 15.1. The highest BCUT2D eigenvalue weighted by molar-refractivity contribution is 5.83. The first-order valence-corrected chi connectivity index (χ1v) is 7.72. The molecule has 1 N–H and O–H groups in total. The molecule has 0 bridgehead atoms. The molecule has 0 amide bonds. The summed E-state index contributed by atoms with van der Waals surface area (Å²) in [5, 5.41) is 1.38. The van der Waals surface area contributed by atoms with Crippen molar-refractivity contribution in [3.8, 4) is 0 Å². The van der Waals surface area contributed by atoms with E-state index in [1.165, 1.54) is 48.9 Å². The average Bonchev–Trinajstić information content (AvgIpc) is 2.90. The lowest BCUT2D eigenvalue weighted by molar-refractivity contribution is 0.286. The van der Waals surface area contributed by atoms with Gasteiger partial charge in [0.25, 0.3) is 0 Å². The normalized spacial score (nSPS) is 17.1. The van der Waals surface area contributed by atoms with E-state index < -0.39 is 0 Å². The van der Waals surface area contributed by atoms with E-state index in [4.69, 9.17) is 0 Å². The molecule has 0 spiro atoms. The van der Waals surface area contributed by atoms with Crippen LogP contribution in [0.25, 0.3) is 10.9 Å². The van der Waals surface area contributed by atoms with Crippen molar-refractivity contribution in [2.24, 2.45) is 0 Å². The first-order chi connectivity index (χ1) is 9.78. The quantitative estimate of drug-likeness (QED) is 0.826. The summed E-state index contributed by atoms with van der Waals surface area (Å²) < 4.78 is 0. The zero-order valence-electron chi connectivity index (χ0n) is 12.6. The number of para-hydroxylation sites is 1. The number of hydrogen-bond acceptors (Lipinski definition) is 1.